The number of rotatable bonds is 7. The zero-order valence-electron chi connectivity index (χ0n) is 16.3. The second-order valence-corrected chi connectivity index (χ2v) is 6.89. The van der Waals surface area contributed by atoms with Gasteiger partial charge in [0.2, 0.25) is 0 Å². The van der Waals surface area contributed by atoms with Crippen molar-refractivity contribution in [2.24, 2.45) is 0 Å². The molecule has 0 aliphatic heterocycles. The number of amides is 1. The van der Waals surface area contributed by atoms with E-state index in [9.17, 15) is 19.7 Å². The number of nitro groups is 1. The molecule has 0 heterocycles. The molecule has 1 aliphatic carbocycles. The van der Waals surface area contributed by atoms with Crippen molar-refractivity contribution in [1.82, 2.24) is 0 Å². The fourth-order valence-electron chi connectivity index (χ4n) is 3.32. The Balaban J connectivity index is 1.60. The van der Waals surface area contributed by atoms with Crippen LogP contribution in [0.5, 0.6) is 5.75 Å². The number of aryl methyl sites for hydroxylation is 2. The summed E-state index contributed by atoms with van der Waals surface area (Å²) in [5, 5.41) is 13.6. The summed E-state index contributed by atoms with van der Waals surface area (Å²) in [6.07, 6.45) is 2.16. The number of methoxy groups -OCH3 is 1. The highest BCUT2D eigenvalue weighted by molar-refractivity contribution is 5.97. The first-order valence-electron chi connectivity index (χ1n) is 9.31. The summed E-state index contributed by atoms with van der Waals surface area (Å²) >= 11 is 0. The van der Waals surface area contributed by atoms with Gasteiger partial charge in [0.25, 0.3) is 11.6 Å². The van der Waals surface area contributed by atoms with Crippen LogP contribution in [0, 0.1) is 10.1 Å². The molecule has 1 amide bonds. The van der Waals surface area contributed by atoms with Gasteiger partial charge in [0.1, 0.15) is 11.4 Å². The number of carbonyl (C=O) groups excluding carboxylic acids is 2. The van der Waals surface area contributed by atoms with Crippen LogP contribution < -0.4 is 10.1 Å². The first kappa shape index (κ1) is 20.3. The molecule has 0 fully saturated rings. The standard InChI is InChI=1S/C21H22N2O6/c1-13(21(25)22-18-9-8-17(28-2)12-19(18)23(26)27)29-20(24)11-14-6-7-15-4-3-5-16(15)10-14/h6-10,12-13H,3-5,11H2,1-2H3,(H,22,25)/t13-/m1/s1. The van der Waals surface area contributed by atoms with Gasteiger partial charge in [0, 0.05) is 0 Å². The lowest BCUT2D eigenvalue weighted by Gasteiger charge is -2.14. The number of anilines is 1. The number of nitro benzene ring substituents is 1. The Kier molecular flexibility index (Phi) is 6.11. The zero-order chi connectivity index (χ0) is 21.0. The molecular formula is C21H22N2O6. The summed E-state index contributed by atoms with van der Waals surface area (Å²) in [5.74, 6) is -0.890. The third-order valence-electron chi connectivity index (χ3n) is 4.85. The van der Waals surface area contributed by atoms with E-state index >= 15 is 0 Å². The minimum atomic E-state index is -1.10. The van der Waals surface area contributed by atoms with Crippen molar-refractivity contribution in [3.63, 3.8) is 0 Å². The van der Waals surface area contributed by atoms with Crippen LogP contribution in [0.3, 0.4) is 0 Å². The molecule has 0 spiro atoms. The summed E-state index contributed by atoms with van der Waals surface area (Å²) in [7, 11) is 1.39. The van der Waals surface area contributed by atoms with Crippen molar-refractivity contribution in [2.45, 2.75) is 38.7 Å². The third kappa shape index (κ3) is 4.90. The molecule has 3 rings (SSSR count). The summed E-state index contributed by atoms with van der Waals surface area (Å²) < 4.78 is 10.2. The Labute approximate surface area is 168 Å². The topological polar surface area (TPSA) is 108 Å². The lowest BCUT2D eigenvalue weighted by atomic mass is 10.0. The van der Waals surface area contributed by atoms with E-state index in [0.29, 0.717) is 5.75 Å². The normalized spacial score (nSPS) is 13.3. The number of carbonyl (C=O) groups is 2. The molecule has 1 N–H and O–H groups in total. The average Bonchev–Trinajstić information content (AvgIpc) is 3.15. The smallest absolute Gasteiger partial charge is 0.311 e. The van der Waals surface area contributed by atoms with Gasteiger partial charge in [-0.25, -0.2) is 0 Å². The molecule has 8 nitrogen and oxygen atoms in total. The highest BCUT2D eigenvalue weighted by atomic mass is 16.6. The van der Waals surface area contributed by atoms with Crippen LogP contribution in [0.2, 0.25) is 0 Å². The van der Waals surface area contributed by atoms with Crippen molar-refractivity contribution < 1.29 is 24.0 Å². The van der Waals surface area contributed by atoms with Crippen LogP contribution in [-0.2, 0) is 33.6 Å². The predicted molar refractivity (Wildman–Crippen MR) is 106 cm³/mol. The number of nitrogens with one attached hydrogen (secondary N) is 1. The number of benzene rings is 2. The fraction of sp³-hybridized carbons (Fsp3) is 0.333. The van der Waals surface area contributed by atoms with E-state index in [2.05, 4.69) is 5.32 Å². The number of fused-ring (bicyclic) bond motifs is 1. The monoisotopic (exact) mass is 398 g/mol. The number of ether oxygens (including phenoxy) is 2. The van der Waals surface area contributed by atoms with Crippen molar-refractivity contribution in [2.75, 3.05) is 12.4 Å². The van der Waals surface area contributed by atoms with E-state index in [1.165, 1.54) is 43.4 Å². The van der Waals surface area contributed by atoms with E-state index in [-0.39, 0.29) is 17.8 Å². The lowest BCUT2D eigenvalue weighted by Crippen LogP contribution is -2.30. The van der Waals surface area contributed by atoms with E-state index in [1.807, 2.05) is 18.2 Å². The molecule has 2 aromatic carbocycles. The van der Waals surface area contributed by atoms with E-state index < -0.39 is 22.9 Å². The summed E-state index contributed by atoms with van der Waals surface area (Å²) in [5.41, 5.74) is 3.11. The average molecular weight is 398 g/mol. The lowest BCUT2D eigenvalue weighted by molar-refractivity contribution is -0.384. The maximum Gasteiger partial charge on any atom is 0.311 e. The van der Waals surface area contributed by atoms with Crippen LogP contribution in [-0.4, -0.2) is 30.0 Å². The molecule has 152 valence electrons. The summed E-state index contributed by atoms with van der Waals surface area (Å²) in [6, 6.07) is 10.0. The number of esters is 1. The molecule has 0 saturated heterocycles. The maximum absolute atomic E-state index is 12.3. The SMILES string of the molecule is COc1ccc(NC(=O)[C@@H](C)OC(=O)Cc2ccc3c(c2)CCC3)c([N+](=O)[O-])c1. The molecule has 0 bridgehead atoms. The van der Waals surface area contributed by atoms with E-state index in [4.69, 9.17) is 9.47 Å². The van der Waals surface area contributed by atoms with Crippen molar-refractivity contribution >= 4 is 23.3 Å². The largest absolute Gasteiger partial charge is 0.496 e. The zero-order valence-corrected chi connectivity index (χ0v) is 16.3. The molecule has 8 heteroatoms. The molecular weight excluding hydrogens is 376 g/mol. The van der Waals surface area contributed by atoms with E-state index in [1.54, 1.807) is 0 Å². The molecule has 0 unspecified atom stereocenters. The van der Waals surface area contributed by atoms with Crippen LogP contribution in [0.15, 0.2) is 36.4 Å². The molecule has 0 saturated carbocycles. The van der Waals surface area contributed by atoms with Gasteiger partial charge < -0.3 is 14.8 Å². The molecule has 2 aromatic rings. The Morgan fingerprint density at radius 1 is 1.17 bits per heavy atom. The highest BCUT2D eigenvalue weighted by Gasteiger charge is 2.23. The molecule has 0 aromatic heterocycles. The van der Waals surface area contributed by atoms with Crippen molar-refractivity contribution in [1.29, 1.82) is 0 Å². The molecule has 1 aliphatic rings. The van der Waals surface area contributed by atoms with Gasteiger partial charge in [-0.2, -0.15) is 0 Å². The first-order chi connectivity index (χ1) is 13.9. The van der Waals surface area contributed by atoms with Crippen molar-refractivity contribution in [3.8, 4) is 5.75 Å². The third-order valence-corrected chi connectivity index (χ3v) is 4.85. The second-order valence-electron chi connectivity index (χ2n) is 6.89. The van der Waals surface area contributed by atoms with Gasteiger partial charge in [-0.1, -0.05) is 18.2 Å². The van der Waals surface area contributed by atoms with Gasteiger partial charge in [-0.15, -0.1) is 0 Å². The van der Waals surface area contributed by atoms with Gasteiger partial charge in [0.05, 0.1) is 24.5 Å². The minimum absolute atomic E-state index is 0.00215. The molecule has 29 heavy (non-hydrogen) atoms. The van der Waals surface area contributed by atoms with Crippen LogP contribution in [0.25, 0.3) is 0 Å². The maximum atomic E-state index is 12.3. The van der Waals surface area contributed by atoms with Crippen molar-refractivity contribution in [3.05, 3.63) is 63.2 Å². The predicted octanol–water partition coefficient (Wildman–Crippen LogP) is 3.21. The Hall–Kier alpha value is -3.42. The summed E-state index contributed by atoms with van der Waals surface area (Å²) in [4.78, 5) is 35.1. The van der Waals surface area contributed by atoms with Gasteiger partial charge in [0.15, 0.2) is 6.10 Å². The molecule has 1 atom stereocenters. The number of hydrogen-bond acceptors (Lipinski definition) is 6. The van der Waals surface area contributed by atoms with Gasteiger partial charge in [-0.05, 0) is 55.0 Å². The summed E-state index contributed by atoms with van der Waals surface area (Å²) in [6.45, 7) is 1.42. The van der Waals surface area contributed by atoms with Crippen LogP contribution in [0.4, 0.5) is 11.4 Å². The number of nitrogens with zero attached hydrogens (tertiary/aromatic N) is 1. The highest BCUT2D eigenvalue weighted by Crippen LogP contribution is 2.29. The second kappa shape index (κ2) is 8.72. The quantitative estimate of drug-likeness (QED) is 0.436. The first-order valence-corrected chi connectivity index (χ1v) is 9.31. The molecule has 0 radical (unpaired) electrons. The Morgan fingerprint density at radius 3 is 2.66 bits per heavy atom. The Bertz CT molecular complexity index is 956. The van der Waals surface area contributed by atoms with E-state index in [0.717, 1.165) is 24.8 Å². The van der Waals surface area contributed by atoms with Gasteiger partial charge >= 0.3 is 5.97 Å². The number of hydrogen-bond donors (Lipinski definition) is 1. The fourth-order valence-corrected chi connectivity index (χ4v) is 3.32. The van der Waals surface area contributed by atoms with Gasteiger partial charge in [-0.3, -0.25) is 19.7 Å². The van der Waals surface area contributed by atoms with Crippen LogP contribution in [0.1, 0.15) is 30.0 Å². The Morgan fingerprint density at radius 2 is 1.93 bits per heavy atom. The van der Waals surface area contributed by atoms with Crippen LogP contribution >= 0.6 is 0 Å². The minimum Gasteiger partial charge on any atom is -0.496 e.